The molecule has 2 aromatic carbocycles. The van der Waals surface area contributed by atoms with E-state index in [0.717, 1.165) is 12.2 Å². The van der Waals surface area contributed by atoms with Gasteiger partial charge in [-0.15, -0.1) is 0 Å². The van der Waals surface area contributed by atoms with Crippen LogP contribution in [0.25, 0.3) is 11.3 Å². The number of pyridine rings is 1. The summed E-state index contributed by atoms with van der Waals surface area (Å²) in [6.45, 7) is 1.10. The van der Waals surface area contributed by atoms with Crippen molar-refractivity contribution in [2.45, 2.75) is 25.3 Å². The van der Waals surface area contributed by atoms with E-state index >= 15 is 0 Å². The number of anilines is 1. The molecule has 172 valence electrons. The Kier molecular flexibility index (Phi) is 7.17. The second-order valence-electron chi connectivity index (χ2n) is 8.43. The van der Waals surface area contributed by atoms with Crippen LogP contribution in [-0.4, -0.2) is 36.6 Å². The molecule has 3 aromatic rings. The number of benzene rings is 2. The SMILES string of the molecule is CN(C)Cc1ccc(NCNC(=O)c2cc(Cl)c(-c3ccccc3F)nc2Cl)c(C2CC2)c1. The van der Waals surface area contributed by atoms with Crippen LogP contribution in [0.3, 0.4) is 0 Å². The lowest BCUT2D eigenvalue weighted by molar-refractivity contribution is 0.0956. The quantitative estimate of drug-likeness (QED) is 0.305. The third-order valence-electron chi connectivity index (χ3n) is 5.46. The first-order valence-corrected chi connectivity index (χ1v) is 11.5. The molecule has 1 aliphatic rings. The summed E-state index contributed by atoms with van der Waals surface area (Å²) in [5.41, 5.74) is 4.11. The molecule has 0 saturated heterocycles. The Bertz CT molecular complexity index is 1180. The van der Waals surface area contributed by atoms with Gasteiger partial charge >= 0.3 is 0 Å². The Morgan fingerprint density at radius 1 is 1.15 bits per heavy atom. The number of carbonyl (C=O) groups excluding carboxylic acids is 1. The van der Waals surface area contributed by atoms with Crippen LogP contribution >= 0.6 is 23.2 Å². The zero-order valence-electron chi connectivity index (χ0n) is 18.5. The van der Waals surface area contributed by atoms with Crippen LogP contribution in [0.15, 0.2) is 48.5 Å². The number of carbonyl (C=O) groups is 1. The van der Waals surface area contributed by atoms with Gasteiger partial charge in [0.25, 0.3) is 5.91 Å². The average Bonchev–Trinajstić information content (AvgIpc) is 3.61. The van der Waals surface area contributed by atoms with Crippen molar-refractivity contribution in [1.82, 2.24) is 15.2 Å². The zero-order valence-corrected chi connectivity index (χ0v) is 20.0. The fourth-order valence-electron chi connectivity index (χ4n) is 3.75. The topological polar surface area (TPSA) is 57.3 Å². The van der Waals surface area contributed by atoms with E-state index in [2.05, 4.69) is 38.7 Å². The summed E-state index contributed by atoms with van der Waals surface area (Å²) in [5, 5.41) is 6.22. The third-order valence-corrected chi connectivity index (χ3v) is 6.04. The fraction of sp³-hybridized carbons (Fsp3) is 0.280. The third kappa shape index (κ3) is 5.64. The van der Waals surface area contributed by atoms with Gasteiger partial charge in [0.15, 0.2) is 0 Å². The lowest BCUT2D eigenvalue weighted by Crippen LogP contribution is -2.29. The summed E-state index contributed by atoms with van der Waals surface area (Å²) in [4.78, 5) is 19.0. The standard InChI is InChI=1S/C25H25Cl2FN4O/c1-32(2)13-15-7-10-22(18(11-15)16-8-9-16)29-14-30-25(33)19-12-20(26)23(31-24(19)27)17-5-3-4-6-21(17)28/h3-7,10-12,16,29H,8-9,13-14H2,1-2H3,(H,30,33). The van der Waals surface area contributed by atoms with Crippen molar-refractivity contribution in [2.75, 3.05) is 26.1 Å². The maximum absolute atomic E-state index is 14.1. The first kappa shape index (κ1) is 23.5. The van der Waals surface area contributed by atoms with E-state index in [1.165, 1.54) is 36.1 Å². The second-order valence-corrected chi connectivity index (χ2v) is 9.20. The Hall–Kier alpha value is -2.67. The number of hydrogen-bond donors (Lipinski definition) is 2. The van der Waals surface area contributed by atoms with E-state index in [0.29, 0.717) is 5.92 Å². The summed E-state index contributed by atoms with van der Waals surface area (Å²) < 4.78 is 14.1. The van der Waals surface area contributed by atoms with Crippen molar-refractivity contribution in [3.05, 3.63) is 81.2 Å². The lowest BCUT2D eigenvalue weighted by Gasteiger charge is -2.16. The van der Waals surface area contributed by atoms with Gasteiger partial charge in [-0.25, -0.2) is 9.37 Å². The van der Waals surface area contributed by atoms with E-state index in [1.807, 2.05) is 14.1 Å². The van der Waals surface area contributed by atoms with Crippen molar-refractivity contribution >= 4 is 34.8 Å². The van der Waals surface area contributed by atoms with E-state index in [9.17, 15) is 9.18 Å². The summed E-state index contributed by atoms with van der Waals surface area (Å²) in [6, 6.07) is 13.9. The number of aromatic nitrogens is 1. The molecule has 0 unspecified atom stereocenters. The van der Waals surface area contributed by atoms with Gasteiger partial charge < -0.3 is 15.5 Å². The molecular formula is C25H25Cl2FN4O. The van der Waals surface area contributed by atoms with Gasteiger partial charge in [0.1, 0.15) is 11.0 Å². The molecule has 0 spiro atoms. The molecule has 0 aliphatic heterocycles. The van der Waals surface area contributed by atoms with Crippen molar-refractivity contribution in [1.29, 1.82) is 0 Å². The summed E-state index contributed by atoms with van der Waals surface area (Å²) in [5.74, 6) is -0.319. The van der Waals surface area contributed by atoms with Gasteiger partial charge in [-0.05, 0) is 68.2 Å². The predicted molar refractivity (Wildman–Crippen MR) is 131 cm³/mol. The normalized spacial score (nSPS) is 13.3. The van der Waals surface area contributed by atoms with Gasteiger partial charge in [0.05, 0.1) is 22.9 Å². The van der Waals surface area contributed by atoms with Crippen molar-refractivity contribution in [3.8, 4) is 11.3 Å². The highest BCUT2D eigenvalue weighted by atomic mass is 35.5. The predicted octanol–water partition coefficient (Wildman–Crippen LogP) is 5.93. The number of nitrogens with zero attached hydrogens (tertiary/aromatic N) is 2. The van der Waals surface area contributed by atoms with Gasteiger partial charge in [0.2, 0.25) is 0 Å². The molecule has 8 heteroatoms. The van der Waals surface area contributed by atoms with Crippen LogP contribution < -0.4 is 10.6 Å². The molecular weight excluding hydrogens is 462 g/mol. The Labute approximate surface area is 202 Å². The first-order chi connectivity index (χ1) is 15.8. The lowest BCUT2D eigenvalue weighted by atomic mass is 10.0. The maximum atomic E-state index is 14.1. The van der Waals surface area contributed by atoms with Crippen LogP contribution in [-0.2, 0) is 6.54 Å². The molecule has 0 bridgehead atoms. The molecule has 4 rings (SSSR count). The van der Waals surface area contributed by atoms with Crippen LogP contribution in [0.2, 0.25) is 10.2 Å². The number of halogens is 3. The number of amides is 1. The minimum atomic E-state index is -0.465. The fourth-order valence-corrected chi connectivity index (χ4v) is 4.23. The maximum Gasteiger partial charge on any atom is 0.255 e. The van der Waals surface area contributed by atoms with Crippen LogP contribution in [0.4, 0.5) is 10.1 Å². The molecule has 1 fully saturated rings. The van der Waals surface area contributed by atoms with Gasteiger partial charge in [0, 0.05) is 17.8 Å². The molecule has 5 nitrogen and oxygen atoms in total. The summed E-state index contributed by atoms with van der Waals surface area (Å²) >= 11 is 12.6. The molecule has 33 heavy (non-hydrogen) atoms. The minimum Gasteiger partial charge on any atom is -0.368 e. The molecule has 1 aromatic heterocycles. The molecule has 0 atom stereocenters. The van der Waals surface area contributed by atoms with E-state index in [-0.39, 0.29) is 33.7 Å². The second kappa shape index (κ2) is 10.1. The molecule has 1 saturated carbocycles. The zero-order chi connectivity index (χ0) is 23.5. The summed E-state index contributed by atoms with van der Waals surface area (Å²) in [7, 11) is 4.10. The number of hydrogen-bond acceptors (Lipinski definition) is 4. The molecule has 2 N–H and O–H groups in total. The highest BCUT2D eigenvalue weighted by Gasteiger charge is 2.26. The van der Waals surface area contributed by atoms with Crippen molar-refractivity contribution in [3.63, 3.8) is 0 Å². The molecule has 0 radical (unpaired) electrons. The van der Waals surface area contributed by atoms with E-state index < -0.39 is 11.7 Å². The van der Waals surface area contributed by atoms with Gasteiger partial charge in [-0.2, -0.15) is 0 Å². The Morgan fingerprint density at radius 2 is 1.91 bits per heavy atom. The van der Waals surface area contributed by atoms with Crippen LogP contribution in [0, 0.1) is 5.82 Å². The minimum absolute atomic E-state index is 0.0399. The van der Waals surface area contributed by atoms with Gasteiger partial charge in [-0.3, -0.25) is 4.79 Å². The monoisotopic (exact) mass is 486 g/mol. The van der Waals surface area contributed by atoms with Crippen molar-refractivity contribution in [2.24, 2.45) is 0 Å². The molecule has 1 aliphatic carbocycles. The Balaban J connectivity index is 1.44. The van der Waals surface area contributed by atoms with Crippen LogP contribution in [0.1, 0.15) is 40.2 Å². The highest BCUT2D eigenvalue weighted by molar-refractivity contribution is 6.36. The highest BCUT2D eigenvalue weighted by Crippen LogP contribution is 2.43. The van der Waals surface area contributed by atoms with Gasteiger partial charge in [-0.1, -0.05) is 47.5 Å². The number of rotatable bonds is 8. The number of nitrogens with one attached hydrogen (secondary N) is 2. The molecule has 1 heterocycles. The average molecular weight is 487 g/mol. The smallest absolute Gasteiger partial charge is 0.255 e. The van der Waals surface area contributed by atoms with Crippen LogP contribution in [0.5, 0.6) is 0 Å². The van der Waals surface area contributed by atoms with E-state index in [4.69, 9.17) is 23.2 Å². The summed E-state index contributed by atoms with van der Waals surface area (Å²) in [6.07, 6.45) is 2.36. The Morgan fingerprint density at radius 3 is 2.61 bits per heavy atom. The molecule has 1 amide bonds. The van der Waals surface area contributed by atoms with E-state index in [1.54, 1.807) is 18.2 Å². The largest absolute Gasteiger partial charge is 0.368 e. The van der Waals surface area contributed by atoms with Crippen molar-refractivity contribution < 1.29 is 9.18 Å². The first-order valence-electron chi connectivity index (χ1n) is 10.7.